The number of hydrogen-bond acceptors (Lipinski definition) is 6. The maximum Gasteiger partial charge on any atom is 0.146 e. The van der Waals surface area contributed by atoms with Crippen LogP contribution in [0.5, 0.6) is 5.75 Å². The minimum Gasteiger partial charge on any atom is -0.489 e. The smallest absolute Gasteiger partial charge is 0.146 e. The predicted molar refractivity (Wildman–Crippen MR) is 149 cm³/mol. The number of fused-ring (bicyclic) bond motifs is 1. The first kappa shape index (κ1) is 23.9. The van der Waals surface area contributed by atoms with E-state index in [0.29, 0.717) is 18.5 Å². The van der Waals surface area contributed by atoms with E-state index in [0.717, 1.165) is 39.4 Å². The highest BCUT2D eigenvalue weighted by Gasteiger charge is 2.35. The van der Waals surface area contributed by atoms with Crippen molar-refractivity contribution in [1.29, 1.82) is 0 Å². The van der Waals surface area contributed by atoms with Gasteiger partial charge in [-0.25, -0.2) is 9.97 Å². The first-order chi connectivity index (χ1) is 18.1. The van der Waals surface area contributed by atoms with Crippen LogP contribution in [0.1, 0.15) is 30.1 Å². The van der Waals surface area contributed by atoms with E-state index in [4.69, 9.17) is 15.5 Å². The molecule has 2 aromatic heterocycles. The van der Waals surface area contributed by atoms with Crippen molar-refractivity contribution in [1.82, 2.24) is 24.3 Å². The molecular formula is C30H36N6O. The Labute approximate surface area is 218 Å². The molecule has 0 radical (unpaired) electrons. The van der Waals surface area contributed by atoms with Gasteiger partial charge in [0, 0.05) is 50.0 Å². The second-order valence-electron chi connectivity index (χ2n) is 10.7. The number of nitrogen functional groups attached to an aromatic ring is 1. The van der Waals surface area contributed by atoms with E-state index < -0.39 is 0 Å². The normalized spacial score (nSPS) is 20.7. The molecule has 192 valence electrons. The van der Waals surface area contributed by atoms with E-state index in [2.05, 4.69) is 57.6 Å². The molecule has 7 heteroatoms. The Morgan fingerprint density at radius 3 is 2.54 bits per heavy atom. The number of rotatable bonds is 7. The Kier molecular flexibility index (Phi) is 6.57. The minimum atomic E-state index is 0.445. The Morgan fingerprint density at radius 1 is 0.973 bits per heavy atom. The molecule has 3 heterocycles. The molecule has 4 aromatic rings. The predicted octanol–water partition coefficient (Wildman–Crippen LogP) is 4.77. The maximum atomic E-state index is 6.46. The number of ether oxygens (including phenoxy) is 1. The van der Waals surface area contributed by atoms with Gasteiger partial charge in [-0.05, 0) is 56.0 Å². The molecule has 0 amide bonds. The molecule has 1 saturated carbocycles. The van der Waals surface area contributed by atoms with Crippen molar-refractivity contribution in [2.45, 2.75) is 32.4 Å². The van der Waals surface area contributed by atoms with Crippen LogP contribution in [0.15, 0.2) is 60.9 Å². The molecule has 2 aromatic carbocycles. The summed E-state index contributed by atoms with van der Waals surface area (Å²) >= 11 is 0. The van der Waals surface area contributed by atoms with E-state index in [-0.39, 0.29) is 0 Å². The van der Waals surface area contributed by atoms with Crippen LogP contribution in [0.3, 0.4) is 0 Å². The summed E-state index contributed by atoms with van der Waals surface area (Å²) in [5.74, 6) is 2.11. The summed E-state index contributed by atoms with van der Waals surface area (Å²) in [6.45, 7) is 8.64. The molecule has 2 aliphatic rings. The third kappa shape index (κ3) is 4.81. The summed E-state index contributed by atoms with van der Waals surface area (Å²) in [6, 6.07) is 19.0. The molecule has 37 heavy (non-hydrogen) atoms. The van der Waals surface area contributed by atoms with Crippen molar-refractivity contribution in [3.8, 4) is 16.9 Å². The second-order valence-corrected chi connectivity index (χ2v) is 10.7. The lowest BCUT2D eigenvalue weighted by atomic mass is 9.79. The lowest BCUT2D eigenvalue weighted by molar-refractivity contribution is 0.0915. The average Bonchev–Trinajstić information content (AvgIpc) is 3.19. The molecule has 2 N–H and O–H groups in total. The van der Waals surface area contributed by atoms with Crippen molar-refractivity contribution in [2.24, 2.45) is 5.92 Å². The molecule has 6 rings (SSSR count). The Hall–Kier alpha value is -3.42. The lowest BCUT2D eigenvalue weighted by Crippen LogP contribution is -2.47. The third-order valence-corrected chi connectivity index (χ3v) is 8.12. The van der Waals surface area contributed by atoms with Crippen molar-refractivity contribution in [3.05, 3.63) is 72.2 Å². The molecular weight excluding hydrogens is 460 g/mol. The number of likely N-dealkylation sites (N-methyl/N-ethyl adjacent to an activating group) is 1. The van der Waals surface area contributed by atoms with E-state index in [1.165, 1.54) is 51.3 Å². The molecule has 0 unspecified atom stereocenters. The van der Waals surface area contributed by atoms with E-state index in [9.17, 15) is 0 Å². The highest BCUT2D eigenvalue weighted by molar-refractivity contribution is 6.02. The van der Waals surface area contributed by atoms with E-state index in [1.807, 2.05) is 30.3 Å². The first-order valence-corrected chi connectivity index (χ1v) is 13.4. The summed E-state index contributed by atoms with van der Waals surface area (Å²) in [6.07, 6.45) is 3.96. The first-order valence-electron chi connectivity index (χ1n) is 13.4. The van der Waals surface area contributed by atoms with Crippen molar-refractivity contribution in [3.63, 3.8) is 0 Å². The Bertz CT molecular complexity index is 1370. The zero-order valence-electron chi connectivity index (χ0n) is 21.8. The monoisotopic (exact) mass is 496 g/mol. The van der Waals surface area contributed by atoms with Gasteiger partial charge in [-0.3, -0.25) is 0 Å². The van der Waals surface area contributed by atoms with E-state index >= 15 is 0 Å². The average molecular weight is 497 g/mol. The zero-order chi connectivity index (χ0) is 25.4. The van der Waals surface area contributed by atoms with Crippen LogP contribution >= 0.6 is 0 Å². The van der Waals surface area contributed by atoms with Gasteiger partial charge in [0.05, 0.1) is 5.39 Å². The molecule has 0 spiro atoms. The van der Waals surface area contributed by atoms with Gasteiger partial charge in [-0.1, -0.05) is 42.5 Å². The van der Waals surface area contributed by atoms with Gasteiger partial charge in [-0.15, -0.1) is 0 Å². The van der Waals surface area contributed by atoms with Gasteiger partial charge in [0.15, 0.2) is 0 Å². The van der Waals surface area contributed by atoms with Crippen LogP contribution in [-0.4, -0.2) is 64.1 Å². The summed E-state index contributed by atoms with van der Waals surface area (Å²) < 4.78 is 8.56. The van der Waals surface area contributed by atoms with Crippen LogP contribution < -0.4 is 10.5 Å². The summed E-state index contributed by atoms with van der Waals surface area (Å²) in [4.78, 5) is 14.1. The largest absolute Gasteiger partial charge is 0.489 e. The molecule has 0 atom stereocenters. The highest BCUT2D eigenvalue weighted by Crippen LogP contribution is 2.45. The Morgan fingerprint density at radius 2 is 1.76 bits per heavy atom. The standard InChI is InChI=1S/C30H36N6O/c1-21-27(24-9-6-10-26(17-24)37-19-22-7-4-3-5-8-22)28-29(31)32-20-33-30(28)36(21)25-15-23(16-25)18-35-13-11-34(2)12-14-35/h3-10,17,20,23,25H,11-16,18-19H2,1-2H3,(H2,31,32,33)/t23-,25-. The van der Waals surface area contributed by atoms with Crippen LogP contribution in [0.25, 0.3) is 22.2 Å². The minimum absolute atomic E-state index is 0.445. The second kappa shape index (κ2) is 10.1. The fourth-order valence-corrected chi connectivity index (χ4v) is 6.01. The number of aromatic nitrogens is 3. The fraction of sp³-hybridized carbons (Fsp3) is 0.400. The number of piperazine rings is 1. The molecule has 0 bridgehead atoms. The topological polar surface area (TPSA) is 72.4 Å². The van der Waals surface area contributed by atoms with E-state index in [1.54, 1.807) is 6.33 Å². The molecule has 1 aliphatic carbocycles. The van der Waals surface area contributed by atoms with Crippen LogP contribution in [0, 0.1) is 12.8 Å². The number of nitrogens with two attached hydrogens (primary N) is 1. The molecule has 2 fully saturated rings. The number of benzene rings is 2. The number of nitrogens with zero attached hydrogens (tertiary/aromatic N) is 5. The van der Waals surface area contributed by atoms with Crippen molar-refractivity contribution in [2.75, 3.05) is 45.5 Å². The summed E-state index contributed by atoms with van der Waals surface area (Å²) in [7, 11) is 2.22. The van der Waals surface area contributed by atoms with Crippen LogP contribution in [-0.2, 0) is 6.61 Å². The quantitative estimate of drug-likeness (QED) is 0.398. The van der Waals surface area contributed by atoms with Crippen molar-refractivity contribution < 1.29 is 4.74 Å². The van der Waals surface area contributed by atoms with Crippen molar-refractivity contribution >= 4 is 16.9 Å². The SMILES string of the molecule is Cc1c(-c2cccc(OCc3ccccc3)c2)c2c(N)ncnc2n1[C@H]1C[C@H](CN2CCN(C)CC2)C1. The summed E-state index contributed by atoms with van der Waals surface area (Å²) in [5, 5.41) is 0.947. The van der Waals surface area contributed by atoms with Gasteiger partial charge in [0.25, 0.3) is 0 Å². The molecule has 1 aliphatic heterocycles. The van der Waals surface area contributed by atoms with Crippen LogP contribution in [0.4, 0.5) is 5.82 Å². The van der Waals surface area contributed by atoms with Gasteiger partial charge in [0.1, 0.15) is 30.1 Å². The number of anilines is 1. The third-order valence-electron chi connectivity index (χ3n) is 8.12. The lowest BCUT2D eigenvalue weighted by Gasteiger charge is -2.42. The van der Waals surface area contributed by atoms with Gasteiger partial charge in [0.2, 0.25) is 0 Å². The van der Waals surface area contributed by atoms with Crippen LogP contribution in [0.2, 0.25) is 0 Å². The Balaban J connectivity index is 1.25. The fourth-order valence-electron chi connectivity index (χ4n) is 6.01. The van der Waals surface area contributed by atoms with Gasteiger partial charge in [-0.2, -0.15) is 0 Å². The number of hydrogen-bond donors (Lipinski definition) is 1. The van der Waals surface area contributed by atoms with Gasteiger partial charge >= 0.3 is 0 Å². The molecule has 7 nitrogen and oxygen atoms in total. The summed E-state index contributed by atoms with van der Waals surface area (Å²) in [5.41, 5.74) is 12.0. The highest BCUT2D eigenvalue weighted by atomic mass is 16.5. The molecule has 1 saturated heterocycles. The maximum absolute atomic E-state index is 6.46. The zero-order valence-corrected chi connectivity index (χ0v) is 21.8. The van der Waals surface area contributed by atoms with Gasteiger partial charge < -0.3 is 24.8 Å².